The molecule has 2 rings (SSSR count). The van der Waals surface area contributed by atoms with Crippen molar-refractivity contribution in [2.24, 2.45) is 0 Å². The van der Waals surface area contributed by atoms with Crippen molar-refractivity contribution in [2.45, 2.75) is 19.5 Å². The number of Topliss-reactive ketones (excluding diaryl/α,β-unsaturated/α-hetero) is 1. The van der Waals surface area contributed by atoms with Crippen LogP contribution in [0.5, 0.6) is 0 Å². The van der Waals surface area contributed by atoms with Gasteiger partial charge in [0, 0.05) is 34.4 Å². The summed E-state index contributed by atoms with van der Waals surface area (Å²) >= 11 is 3.29. The summed E-state index contributed by atoms with van der Waals surface area (Å²) in [7, 11) is 0. The molecular formula is C14H13BrF3NO. The van der Waals surface area contributed by atoms with Gasteiger partial charge in [0.15, 0.2) is 5.78 Å². The first-order valence-corrected chi connectivity index (χ1v) is 6.90. The van der Waals surface area contributed by atoms with Crippen LogP contribution in [-0.2, 0) is 0 Å². The molecule has 2 nitrogen and oxygen atoms in total. The van der Waals surface area contributed by atoms with E-state index in [-0.39, 0.29) is 25.3 Å². The second-order valence-corrected chi connectivity index (χ2v) is 5.56. The maximum absolute atomic E-state index is 12.6. The van der Waals surface area contributed by atoms with E-state index >= 15 is 0 Å². The third-order valence-electron chi connectivity index (χ3n) is 3.25. The second kappa shape index (κ2) is 5.60. The Morgan fingerprint density at radius 3 is 2.55 bits per heavy atom. The number of rotatable bonds is 2. The highest BCUT2D eigenvalue weighted by Gasteiger charge is 2.35. The molecule has 0 fully saturated rings. The van der Waals surface area contributed by atoms with Crippen LogP contribution < -0.4 is 4.90 Å². The number of carbonyl (C=O) groups is 1. The maximum atomic E-state index is 12.6. The van der Waals surface area contributed by atoms with Gasteiger partial charge in [0.2, 0.25) is 0 Å². The van der Waals surface area contributed by atoms with Gasteiger partial charge in [0.05, 0.1) is 0 Å². The topological polar surface area (TPSA) is 20.3 Å². The molecule has 20 heavy (non-hydrogen) atoms. The highest BCUT2D eigenvalue weighted by Crippen LogP contribution is 2.33. The van der Waals surface area contributed by atoms with Crippen molar-refractivity contribution in [3.63, 3.8) is 0 Å². The zero-order valence-electron chi connectivity index (χ0n) is 10.8. The Hall–Kier alpha value is -1.30. The number of alkyl halides is 3. The van der Waals surface area contributed by atoms with Gasteiger partial charge in [-0.3, -0.25) is 4.79 Å². The Kier molecular flexibility index (Phi) is 4.22. The standard InChI is InChI=1S/C14H13BrF3NO/c1-9(20)12-8-11(15)2-3-13(12)19-6-4-10(5-7-19)14(16,17)18/h2-4,8H,5-7H2,1H3. The summed E-state index contributed by atoms with van der Waals surface area (Å²) in [6.45, 7) is 1.87. The number of anilines is 1. The molecule has 0 unspecified atom stereocenters. The molecule has 1 aromatic rings. The van der Waals surface area contributed by atoms with Crippen LogP contribution in [0.3, 0.4) is 0 Å². The van der Waals surface area contributed by atoms with Crippen LogP contribution in [0.1, 0.15) is 23.7 Å². The number of hydrogen-bond acceptors (Lipinski definition) is 2. The first-order valence-electron chi connectivity index (χ1n) is 6.10. The van der Waals surface area contributed by atoms with Gasteiger partial charge in [-0.2, -0.15) is 13.2 Å². The summed E-state index contributed by atoms with van der Waals surface area (Å²) in [5.74, 6) is -0.105. The average Bonchev–Trinajstić information content (AvgIpc) is 2.37. The first kappa shape index (κ1) is 15.1. The van der Waals surface area contributed by atoms with E-state index < -0.39 is 11.7 Å². The zero-order valence-corrected chi connectivity index (χ0v) is 12.4. The minimum atomic E-state index is -4.25. The predicted molar refractivity (Wildman–Crippen MR) is 75.1 cm³/mol. The number of benzene rings is 1. The summed E-state index contributed by atoms with van der Waals surface area (Å²) in [6.07, 6.45) is -3.12. The molecule has 0 radical (unpaired) electrons. The molecule has 0 aromatic heterocycles. The summed E-state index contributed by atoms with van der Waals surface area (Å²) in [6, 6.07) is 5.23. The molecule has 1 aromatic carbocycles. The first-order chi connectivity index (χ1) is 9.29. The summed E-state index contributed by atoms with van der Waals surface area (Å²) < 4.78 is 38.5. The highest BCUT2D eigenvalue weighted by atomic mass is 79.9. The van der Waals surface area contributed by atoms with Crippen molar-refractivity contribution in [2.75, 3.05) is 18.0 Å². The third kappa shape index (κ3) is 3.23. The van der Waals surface area contributed by atoms with E-state index in [0.717, 1.165) is 4.47 Å². The van der Waals surface area contributed by atoms with E-state index in [4.69, 9.17) is 0 Å². The van der Waals surface area contributed by atoms with Crippen LogP contribution in [0, 0.1) is 0 Å². The average molecular weight is 348 g/mol. The quantitative estimate of drug-likeness (QED) is 0.585. The Balaban J connectivity index is 2.27. The predicted octanol–water partition coefficient (Wildman–Crippen LogP) is 4.35. The zero-order chi connectivity index (χ0) is 14.9. The van der Waals surface area contributed by atoms with Gasteiger partial charge in [0.1, 0.15) is 0 Å². The van der Waals surface area contributed by atoms with Crippen LogP contribution in [0.4, 0.5) is 18.9 Å². The number of ketones is 1. The molecule has 0 N–H and O–H groups in total. The molecular weight excluding hydrogens is 335 g/mol. The molecule has 0 saturated heterocycles. The van der Waals surface area contributed by atoms with Crippen LogP contribution in [0.2, 0.25) is 0 Å². The fourth-order valence-electron chi connectivity index (χ4n) is 2.21. The lowest BCUT2D eigenvalue weighted by Crippen LogP contribution is -2.32. The Labute approximate surface area is 123 Å². The molecule has 0 amide bonds. The van der Waals surface area contributed by atoms with Gasteiger partial charge in [0.25, 0.3) is 0 Å². The summed E-state index contributed by atoms with van der Waals surface area (Å²) in [4.78, 5) is 13.4. The monoisotopic (exact) mass is 347 g/mol. The SMILES string of the molecule is CC(=O)c1cc(Br)ccc1N1CC=C(C(F)(F)F)CC1. The lowest BCUT2D eigenvalue weighted by Gasteiger charge is -2.30. The second-order valence-electron chi connectivity index (χ2n) is 4.64. The smallest absolute Gasteiger partial charge is 0.367 e. The molecule has 1 aliphatic rings. The Morgan fingerprint density at radius 2 is 2.05 bits per heavy atom. The summed E-state index contributed by atoms with van der Waals surface area (Å²) in [5, 5.41) is 0. The van der Waals surface area contributed by atoms with Gasteiger partial charge in [-0.05, 0) is 31.5 Å². The Bertz CT molecular complexity index is 566. The molecule has 1 heterocycles. The van der Waals surface area contributed by atoms with Gasteiger partial charge >= 0.3 is 6.18 Å². The minimum absolute atomic E-state index is 0.0586. The van der Waals surface area contributed by atoms with Crippen LogP contribution in [-0.4, -0.2) is 25.0 Å². The van der Waals surface area contributed by atoms with Crippen molar-refractivity contribution in [1.82, 2.24) is 0 Å². The van der Waals surface area contributed by atoms with Gasteiger partial charge in [-0.15, -0.1) is 0 Å². The number of halogens is 4. The lowest BCUT2D eigenvalue weighted by molar-refractivity contribution is -0.0944. The number of carbonyl (C=O) groups excluding carboxylic acids is 1. The van der Waals surface area contributed by atoms with E-state index in [1.165, 1.54) is 13.0 Å². The fraction of sp³-hybridized carbons (Fsp3) is 0.357. The number of hydrogen-bond donors (Lipinski definition) is 0. The molecule has 0 aliphatic carbocycles. The van der Waals surface area contributed by atoms with Crippen LogP contribution >= 0.6 is 15.9 Å². The van der Waals surface area contributed by atoms with E-state index in [9.17, 15) is 18.0 Å². The molecule has 0 spiro atoms. The maximum Gasteiger partial charge on any atom is 0.412 e. The molecule has 6 heteroatoms. The Morgan fingerprint density at radius 1 is 1.35 bits per heavy atom. The van der Waals surface area contributed by atoms with Crippen molar-refractivity contribution < 1.29 is 18.0 Å². The van der Waals surface area contributed by atoms with E-state index in [1.54, 1.807) is 23.1 Å². The number of nitrogens with zero attached hydrogens (tertiary/aromatic N) is 1. The fourth-order valence-corrected chi connectivity index (χ4v) is 2.57. The highest BCUT2D eigenvalue weighted by molar-refractivity contribution is 9.10. The van der Waals surface area contributed by atoms with Crippen LogP contribution in [0.25, 0.3) is 0 Å². The molecule has 0 atom stereocenters. The molecule has 0 bridgehead atoms. The van der Waals surface area contributed by atoms with Crippen molar-refractivity contribution in [3.05, 3.63) is 39.9 Å². The van der Waals surface area contributed by atoms with E-state index in [1.807, 2.05) is 0 Å². The van der Waals surface area contributed by atoms with Crippen molar-refractivity contribution >= 4 is 27.4 Å². The largest absolute Gasteiger partial charge is 0.412 e. The normalized spacial score (nSPS) is 16.1. The van der Waals surface area contributed by atoms with Gasteiger partial charge in [-0.1, -0.05) is 22.0 Å². The van der Waals surface area contributed by atoms with Gasteiger partial charge < -0.3 is 4.90 Å². The molecule has 1 aliphatic heterocycles. The van der Waals surface area contributed by atoms with Gasteiger partial charge in [-0.25, -0.2) is 0 Å². The molecule has 0 saturated carbocycles. The molecule has 108 valence electrons. The summed E-state index contributed by atoms with van der Waals surface area (Å²) in [5.41, 5.74) is 0.705. The van der Waals surface area contributed by atoms with E-state index in [0.29, 0.717) is 11.3 Å². The van der Waals surface area contributed by atoms with E-state index in [2.05, 4.69) is 15.9 Å². The van der Waals surface area contributed by atoms with Crippen LogP contribution in [0.15, 0.2) is 34.3 Å². The lowest BCUT2D eigenvalue weighted by atomic mass is 10.0. The van der Waals surface area contributed by atoms with Crippen molar-refractivity contribution in [1.29, 1.82) is 0 Å². The van der Waals surface area contributed by atoms with Crippen molar-refractivity contribution in [3.8, 4) is 0 Å². The third-order valence-corrected chi connectivity index (χ3v) is 3.75. The minimum Gasteiger partial charge on any atom is -0.367 e.